The second-order valence-electron chi connectivity index (χ2n) is 5.65. The fourth-order valence-corrected chi connectivity index (χ4v) is 3.24. The van der Waals surface area contributed by atoms with Gasteiger partial charge in [-0.15, -0.1) is 0 Å². The van der Waals surface area contributed by atoms with E-state index in [0.29, 0.717) is 6.04 Å². The van der Waals surface area contributed by atoms with E-state index in [4.69, 9.17) is 9.62 Å². The maximum Gasteiger partial charge on any atom is 0.137 e. The highest BCUT2D eigenvalue weighted by atomic mass is 16.5. The van der Waals surface area contributed by atoms with Crippen molar-refractivity contribution in [2.24, 2.45) is 0 Å². The van der Waals surface area contributed by atoms with Crippen molar-refractivity contribution < 1.29 is 4.52 Å². The van der Waals surface area contributed by atoms with Crippen LogP contribution in [0.5, 0.6) is 0 Å². The quantitative estimate of drug-likeness (QED) is 0.783. The van der Waals surface area contributed by atoms with E-state index in [1.165, 1.54) is 22.5 Å². The molecule has 0 radical (unpaired) electrons. The van der Waals surface area contributed by atoms with Crippen molar-refractivity contribution >= 4 is 0 Å². The molecule has 0 aromatic carbocycles. The second-order valence-corrected chi connectivity index (χ2v) is 5.65. The van der Waals surface area contributed by atoms with Gasteiger partial charge in [-0.3, -0.25) is 4.68 Å². The Labute approximate surface area is 112 Å². The van der Waals surface area contributed by atoms with E-state index >= 15 is 0 Å². The molecule has 0 saturated carbocycles. The van der Waals surface area contributed by atoms with Crippen LogP contribution in [0.2, 0.25) is 0 Å². The van der Waals surface area contributed by atoms with Gasteiger partial charge in [-0.05, 0) is 26.7 Å². The van der Waals surface area contributed by atoms with E-state index in [1.807, 2.05) is 6.92 Å². The number of rotatable bonds is 0. The van der Waals surface area contributed by atoms with Crippen LogP contribution in [-0.2, 0) is 25.9 Å². The van der Waals surface area contributed by atoms with Crippen molar-refractivity contribution in [3.8, 4) is 11.4 Å². The van der Waals surface area contributed by atoms with Gasteiger partial charge in [0.1, 0.15) is 11.5 Å². The van der Waals surface area contributed by atoms with Gasteiger partial charge in [-0.2, -0.15) is 5.10 Å². The molecule has 4 rings (SSSR count). The average Bonchev–Trinajstić information content (AvgIpc) is 2.85. The molecule has 5 heteroatoms. The van der Waals surface area contributed by atoms with Gasteiger partial charge >= 0.3 is 0 Å². The number of nitrogens with one attached hydrogen (secondary N) is 1. The molecule has 1 atom stereocenters. The van der Waals surface area contributed by atoms with Crippen LogP contribution in [-0.4, -0.2) is 21.0 Å². The Hall–Kier alpha value is -1.62. The lowest BCUT2D eigenvalue weighted by molar-refractivity contribution is 0.395. The van der Waals surface area contributed by atoms with Crippen LogP contribution in [0.15, 0.2) is 4.52 Å². The summed E-state index contributed by atoms with van der Waals surface area (Å²) in [5.74, 6) is 0.954. The van der Waals surface area contributed by atoms with Crippen molar-refractivity contribution in [1.29, 1.82) is 0 Å². The van der Waals surface area contributed by atoms with Crippen LogP contribution in [0.4, 0.5) is 0 Å². The molecule has 0 unspecified atom stereocenters. The van der Waals surface area contributed by atoms with E-state index < -0.39 is 0 Å². The fraction of sp³-hybridized carbons (Fsp3) is 0.571. The van der Waals surface area contributed by atoms with Gasteiger partial charge in [0, 0.05) is 36.7 Å². The van der Waals surface area contributed by atoms with E-state index in [1.54, 1.807) is 0 Å². The molecule has 0 amide bonds. The predicted octanol–water partition coefficient (Wildman–Crippen LogP) is 1.83. The Morgan fingerprint density at radius 3 is 3.16 bits per heavy atom. The summed E-state index contributed by atoms with van der Waals surface area (Å²) in [7, 11) is 0. The van der Waals surface area contributed by atoms with Gasteiger partial charge in [0.25, 0.3) is 0 Å². The van der Waals surface area contributed by atoms with E-state index in [9.17, 15) is 0 Å². The number of aromatic nitrogens is 3. The lowest BCUT2D eigenvalue weighted by Crippen LogP contribution is -2.32. The van der Waals surface area contributed by atoms with Gasteiger partial charge in [0.2, 0.25) is 0 Å². The molecule has 2 aromatic rings. The first-order valence-electron chi connectivity index (χ1n) is 7.01. The van der Waals surface area contributed by atoms with Crippen LogP contribution < -0.4 is 5.32 Å². The number of hydrogen-bond acceptors (Lipinski definition) is 4. The number of fused-ring (bicyclic) bond motifs is 5. The van der Waals surface area contributed by atoms with Crippen molar-refractivity contribution in [2.75, 3.05) is 0 Å². The van der Waals surface area contributed by atoms with Gasteiger partial charge in [0.05, 0.1) is 11.4 Å². The lowest BCUT2D eigenvalue weighted by Gasteiger charge is -2.19. The van der Waals surface area contributed by atoms with Crippen LogP contribution in [0.25, 0.3) is 11.4 Å². The summed E-state index contributed by atoms with van der Waals surface area (Å²) >= 11 is 0. The summed E-state index contributed by atoms with van der Waals surface area (Å²) in [6.07, 6.45) is 3.14. The monoisotopic (exact) mass is 258 g/mol. The van der Waals surface area contributed by atoms with E-state index in [2.05, 4.69) is 22.1 Å². The Morgan fingerprint density at radius 2 is 2.26 bits per heavy atom. The topological polar surface area (TPSA) is 55.9 Å². The fourth-order valence-electron chi connectivity index (χ4n) is 3.24. The molecule has 0 bridgehead atoms. The molecule has 0 aliphatic carbocycles. The molecule has 5 nitrogen and oxygen atoms in total. The highest BCUT2D eigenvalue weighted by Gasteiger charge is 2.29. The maximum atomic E-state index is 5.40. The number of hydrogen-bond donors (Lipinski definition) is 1. The van der Waals surface area contributed by atoms with Crippen molar-refractivity contribution in [3.05, 3.63) is 22.6 Å². The minimum Gasteiger partial charge on any atom is -0.361 e. The Balaban J connectivity index is 1.94. The third-order valence-electron chi connectivity index (χ3n) is 4.27. The maximum absolute atomic E-state index is 5.40. The smallest absolute Gasteiger partial charge is 0.137 e. The molecule has 100 valence electrons. The molecule has 4 heterocycles. The lowest BCUT2D eigenvalue weighted by atomic mass is 9.99. The normalized spacial score (nSPS) is 21.5. The molecule has 0 spiro atoms. The first-order chi connectivity index (χ1) is 9.24. The summed E-state index contributed by atoms with van der Waals surface area (Å²) in [5, 5.41) is 12.6. The molecule has 1 N–H and O–H groups in total. The summed E-state index contributed by atoms with van der Waals surface area (Å²) < 4.78 is 7.54. The van der Waals surface area contributed by atoms with Gasteiger partial charge in [-0.1, -0.05) is 5.16 Å². The van der Waals surface area contributed by atoms with Gasteiger partial charge < -0.3 is 9.84 Å². The summed E-state index contributed by atoms with van der Waals surface area (Å²) in [4.78, 5) is 0. The first kappa shape index (κ1) is 11.2. The highest BCUT2D eigenvalue weighted by molar-refractivity contribution is 5.65. The minimum atomic E-state index is 0.505. The molecule has 19 heavy (non-hydrogen) atoms. The molecule has 0 fully saturated rings. The van der Waals surface area contributed by atoms with Crippen LogP contribution in [0.3, 0.4) is 0 Å². The molecule has 2 aliphatic rings. The van der Waals surface area contributed by atoms with Crippen LogP contribution in [0, 0.1) is 6.92 Å². The predicted molar refractivity (Wildman–Crippen MR) is 70.8 cm³/mol. The van der Waals surface area contributed by atoms with Gasteiger partial charge in [0.15, 0.2) is 0 Å². The Kier molecular flexibility index (Phi) is 2.33. The number of aryl methyl sites for hydroxylation is 2. The Bertz CT molecular complexity index is 640. The first-order valence-corrected chi connectivity index (χ1v) is 7.01. The average molecular weight is 258 g/mol. The van der Waals surface area contributed by atoms with Crippen molar-refractivity contribution in [1.82, 2.24) is 20.3 Å². The van der Waals surface area contributed by atoms with E-state index in [-0.39, 0.29) is 0 Å². The molecule has 0 saturated heterocycles. The number of nitrogens with zero attached hydrogens (tertiary/aromatic N) is 3. The van der Waals surface area contributed by atoms with Crippen molar-refractivity contribution in [3.63, 3.8) is 0 Å². The third kappa shape index (κ3) is 1.57. The van der Waals surface area contributed by atoms with E-state index in [0.717, 1.165) is 43.8 Å². The second kappa shape index (κ2) is 3.93. The van der Waals surface area contributed by atoms with Crippen LogP contribution in [0.1, 0.15) is 35.9 Å². The minimum absolute atomic E-state index is 0.505. The summed E-state index contributed by atoms with van der Waals surface area (Å²) in [5.41, 5.74) is 6.00. The molecule has 2 aliphatic heterocycles. The summed E-state index contributed by atoms with van der Waals surface area (Å²) in [6.45, 7) is 6.08. The largest absolute Gasteiger partial charge is 0.361 e. The standard InChI is InChI=1S/C14H18N4O/c1-8-6-12-11(7-15-8)14-13-10(9(2)19-17-13)4-3-5-18(14)16-12/h8,15H,3-7H2,1-2H3/t8-/m1/s1. The zero-order chi connectivity index (χ0) is 13.0. The zero-order valence-electron chi connectivity index (χ0n) is 11.4. The highest BCUT2D eigenvalue weighted by Crippen LogP contribution is 2.35. The Morgan fingerprint density at radius 1 is 1.37 bits per heavy atom. The molecular weight excluding hydrogens is 240 g/mol. The molecule has 2 aromatic heterocycles. The molecular formula is C14H18N4O. The van der Waals surface area contributed by atoms with Gasteiger partial charge in [-0.25, -0.2) is 0 Å². The zero-order valence-corrected chi connectivity index (χ0v) is 11.4. The van der Waals surface area contributed by atoms with Crippen LogP contribution >= 0.6 is 0 Å². The van der Waals surface area contributed by atoms with Crippen molar-refractivity contribution in [2.45, 2.75) is 52.2 Å². The third-order valence-corrected chi connectivity index (χ3v) is 4.27. The SMILES string of the molecule is Cc1onc2c1CCCn1nc3c(c1-2)CN[C@H](C)C3. The summed E-state index contributed by atoms with van der Waals surface area (Å²) in [6, 6.07) is 0.505.